The SMILES string of the molecule is CCC1(OCOP(=O)([O-])[O-])C(=O)OCc2c1cc1n(c2=O)Cc2cc3ccccc3nc2-1.CC[C@@]1(OCOP(C)(C)=O)C(=O)OCc2c1cc1n(c2=O)Cc2cc3ccccc3nc2-1. The van der Waals surface area contributed by atoms with Crippen molar-refractivity contribution in [3.8, 4) is 22.8 Å². The Balaban J connectivity index is 0.000000162. The lowest BCUT2D eigenvalue weighted by Crippen LogP contribution is -2.46. The third-order valence-corrected chi connectivity index (χ3v) is 13.1. The Labute approximate surface area is 364 Å². The van der Waals surface area contributed by atoms with E-state index in [4.69, 9.17) is 33.4 Å². The number of phosphoric acid groups is 1. The van der Waals surface area contributed by atoms with Gasteiger partial charge in [-0.05, 0) is 49.2 Å². The topological polar surface area (TPSA) is 240 Å². The van der Waals surface area contributed by atoms with Crippen molar-refractivity contribution in [2.45, 2.75) is 64.2 Å². The number of esters is 2. The molecule has 18 nitrogen and oxygen atoms in total. The minimum absolute atomic E-state index is 0.0190. The van der Waals surface area contributed by atoms with Crippen LogP contribution >= 0.6 is 15.2 Å². The van der Waals surface area contributed by atoms with Crippen molar-refractivity contribution in [1.29, 1.82) is 0 Å². The first kappa shape index (κ1) is 43.6. The lowest BCUT2D eigenvalue weighted by molar-refractivity contribution is -0.348. The van der Waals surface area contributed by atoms with E-state index in [1.807, 2.05) is 66.7 Å². The molecule has 2 atom stereocenters. The van der Waals surface area contributed by atoms with Crippen LogP contribution < -0.4 is 20.9 Å². The number of ether oxygens (including phenoxy) is 4. The van der Waals surface area contributed by atoms with Crippen molar-refractivity contribution in [1.82, 2.24) is 19.1 Å². The maximum absolute atomic E-state index is 13.4. The zero-order valence-corrected chi connectivity index (χ0v) is 36.8. The van der Waals surface area contributed by atoms with E-state index >= 15 is 0 Å². The Morgan fingerprint density at radius 1 is 0.656 bits per heavy atom. The van der Waals surface area contributed by atoms with Crippen LogP contribution in [0.15, 0.2) is 82.4 Å². The molecular formula is C44H40N4O14P2-2. The van der Waals surface area contributed by atoms with E-state index in [0.29, 0.717) is 41.3 Å². The molecule has 0 radical (unpaired) electrons. The highest BCUT2D eigenvalue weighted by Gasteiger charge is 2.50. The molecule has 332 valence electrons. The van der Waals surface area contributed by atoms with Crippen LogP contribution in [-0.4, -0.2) is 58.0 Å². The summed E-state index contributed by atoms with van der Waals surface area (Å²) in [4.78, 5) is 83.6. The van der Waals surface area contributed by atoms with Crippen LogP contribution in [0.2, 0.25) is 0 Å². The Hall–Kier alpha value is -5.68. The number of hydrogen-bond acceptors (Lipinski definition) is 16. The highest BCUT2D eigenvalue weighted by Crippen LogP contribution is 2.44. The summed E-state index contributed by atoms with van der Waals surface area (Å²) >= 11 is 0. The van der Waals surface area contributed by atoms with Crippen molar-refractivity contribution in [3.63, 3.8) is 0 Å². The quantitative estimate of drug-likeness (QED) is 0.104. The molecule has 1 unspecified atom stereocenters. The van der Waals surface area contributed by atoms with E-state index in [1.165, 1.54) is 13.3 Å². The smallest absolute Gasteiger partial charge is 0.343 e. The van der Waals surface area contributed by atoms with Crippen molar-refractivity contribution in [2.24, 2.45) is 0 Å². The van der Waals surface area contributed by atoms with Gasteiger partial charge in [-0.15, -0.1) is 0 Å². The highest BCUT2D eigenvalue weighted by molar-refractivity contribution is 7.57. The van der Waals surface area contributed by atoms with Gasteiger partial charge in [0.15, 0.2) is 32.2 Å². The molecule has 2 aromatic carbocycles. The van der Waals surface area contributed by atoms with Crippen molar-refractivity contribution >= 4 is 48.9 Å². The number of hydrogen-bond donors (Lipinski definition) is 0. The third-order valence-electron chi connectivity index (χ3n) is 12.0. The van der Waals surface area contributed by atoms with Crippen LogP contribution in [0.4, 0.5) is 0 Å². The van der Waals surface area contributed by atoms with Gasteiger partial charge in [-0.2, -0.15) is 0 Å². The first-order chi connectivity index (χ1) is 30.5. The molecule has 0 bridgehead atoms. The molecule has 0 saturated carbocycles. The Bertz CT molecular complexity index is 2960. The van der Waals surface area contributed by atoms with Crippen LogP contribution in [0, 0.1) is 0 Å². The summed E-state index contributed by atoms with van der Waals surface area (Å²) in [7, 11) is -8.14. The Morgan fingerprint density at radius 2 is 1.08 bits per heavy atom. The van der Waals surface area contributed by atoms with Gasteiger partial charge in [-0.25, -0.2) is 19.6 Å². The monoisotopic (exact) mass is 910 g/mol. The number of carbonyl (C=O) groups excluding carboxylic acids is 2. The number of carbonyl (C=O) groups is 2. The zero-order valence-electron chi connectivity index (χ0n) is 35.0. The lowest BCUT2D eigenvalue weighted by atomic mass is 9.85. The third kappa shape index (κ3) is 7.43. The van der Waals surface area contributed by atoms with Gasteiger partial charge in [0.25, 0.3) is 11.1 Å². The maximum atomic E-state index is 13.4. The number of phosphoric ester groups is 1. The number of nitrogens with zero attached hydrogens (tertiary/aromatic N) is 4. The number of para-hydroxylation sites is 2. The zero-order chi connectivity index (χ0) is 45.3. The summed E-state index contributed by atoms with van der Waals surface area (Å²) in [5, 5.41) is 1.95. The van der Waals surface area contributed by atoms with Crippen LogP contribution in [0.1, 0.15) is 60.1 Å². The van der Waals surface area contributed by atoms with Gasteiger partial charge in [0.1, 0.15) is 13.2 Å². The molecule has 0 aliphatic carbocycles. The maximum Gasteiger partial charge on any atom is 0.343 e. The summed E-state index contributed by atoms with van der Waals surface area (Å²) < 4.78 is 57.4. The summed E-state index contributed by atoms with van der Waals surface area (Å²) in [5.74, 6) is -1.39. The fourth-order valence-electron chi connectivity index (χ4n) is 8.75. The van der Waals surface area contributed by atoms with Gasteiger partial charge < -0.3 is 51.5 Å². The van der Waals surface area contributed by atoms with E-state index < -0.39 is 45.1 Å². The predicted octanol–water partition coefficient (Wildman–Crippen LogP) is 4.52. The number of fused-ring (bicyclic) bond motifs is 10. The standard InChI is InChI=1S/C23H23N2O6P.C21H19N2O8P/c1-4-23(30-13-31-32(2,3)28)17-10-19-20-15(9-14-7-5-6-8-18(14)24-20)11-25(19)21(26)16(17)12-29-22(23)27;1-2-21(30-11-31-32(26,27)28)15-8-17-18-13(7-12-5-3-4-6-16(12)22-18)9-23(17)19(24)14(15)10-29-20(21)25/h5-10H,4,11-13H2,1-3H3;3-8H,2,9-11H2,1H3,(H2,26,27,28)/p-2/t23-;/m0./s1. The molecule has 0 amide bonds. The fraction of sp³-hybridized carbons (Fsp3) is 0.318. The predicted molar refractivity (Wildman–Crippen MR) is 226 cm³/mol. The molecule has 0 saturated heterocycles. The van der Waals surface area contributed by atoms with Gasteiger partial charge >= 0.3 is 11.9 Å². The van der Waals surface area contributed by atoms with Gasteiger partial charge in [-0.3, -0.25) is 14.2 Å². The highest BCUT2D eigenvalue weighted by atomic mass is 31.2. The summed E-state index contributed by atoms with van der Waals surface area (Å²) in [6, 6.07) is 22.9. The number of pyridine rings is 4. The molecule has 64 heavy (non-hydrogen) atoms. The molecule has 4 aromatic heterocycles. The molecule has 4 aliphatic rings. The average Bonchev–Trinajstić information content (AvgIpc) is 3.80. The molecule has 6 aromatic rings. The summed E-state index contributed by atoms with van der Waals surface area (Å²) in [6.07, 6.45) is 0.242. The second-order valence-electron chi connectivity index (χ2n) is 16.0. The van der Waals surface area contributed by atoms with E-state index in [0.717, 1.165) is 38.6 Å². The molecule has 0 N–H and O–H groups in total. The Kier molecular flexibility index (Phi) is 10.9. The van der Waals surface area contributed by atoms with Crippen LogP contribution in [-0.2, 0) is 84.2 Å². The molecule has 0 fully saturated rings. The summed E-state index contributed by atoms with van der Waals surface area (Å²) in [6.45, 7) is 5.35. The van der Waals surface area contributed by atoms with Crippen LogP contribution in [0.25, 0.3) is 44.6 Å². The van der Waals surface area contributed by atoms with Gasteiger partial charge in [0.05, 0.1) is 65.8 Å². The van der Waals surface area contributed by atoms with Crippen molar-refractivity contribution in [3.05, 3.63) is 127 Å². The molecule has 10 rings (SSSR count). The van der Waals surface area contributed by atoms with Crippen LogP contribution in [0.5, 0.6) is 0 Å². The minimum Gasteiger partial charge on any atom is -0.790 e. The van der Waals surface area contributed by atoms with E-state index in [9.17, 15) is 38.1 Å². The number of benzene rings is 2. The minimum atomic E-state index is -5.32. The average molecular weight is 911 g/mol. The van der Waals surface area contributed by atoms with Crippen molar-refractivity contribution < 1.29 is 56.5 Å². The molecule has 8 heterocycles. The van der Waals surface area contributed by atoms with Gasteiger partial charge in [0.2, 0.25) is 0 Å². The van der Waals surface area contributed by atoms with Crippen molar-refractivity contribution in [2.75, 3.05) is 26.9 Å². The van der Waals surface area contributed by atoms with Gasteiger partial charge in [0, 0.05) is 46.4 Å². The van der Waals surface area contributed by atoms with Crippen LogP contribution in [0.3, 0.4) is 0 Å². The first-order valence-corrected chi connectivity index (χ1v) is 24.3. The number of aromatic nitrogens is 4. The van der Waals surface area contributed by atoms with E-state index in [1.54, 1.807) is 29.0 Å². The lowest BCUT2D eigenvalue weighted by Gasteiger charge is -2.37. The Morgan fingerprint density at radius 3 is 1.48 bits per heavy atom. The number of cyclic esters (lactones) is 2. The second-order valence-corrected chi connectivity index (χ2v) is 19.9. The normalized spacial score (nSPS) is 19.4. The molecule has 20 heteroatoms. The summed E-state index contributed by atoms with van der Waals surface area (Å²) in [5.41, 5.74) is 3.31. The number of rotatable bonds is 10. The van der Waals surface area contributed by atoms with E-state index in [-0.39, 0.29) is 55.1 Å². The largest absolute Gasteiger partial charge is 0.790 e. The molecule has 4 aliphatic heterocycles. The first-order valence-electron chi connectivity index (χ1n) is 20.3. The molecular weight excluding hydrogens is 870 g/mol. The molecule has 0 spiro atoms. The second kappa shape index (κ2) is 16.1. The fourth-order valence-corrected chi connectivity index (χ4v) is 9.24. The van der Waals surface area contributed by atoms with E-state index in [2.05, 4.69) is 4.52 Å². The van der Waals surface area contributed by atoms with Gasteiger partial charge in [-0.1, -0.05) is 50.2 Å².